The molecule has 3 heterocycles. The molecule has 0 amide bonds. The highest BCUT2D eigenvalue weighted by Crippen LogP contribution is 2.35. The number of fused-ring (bicyclic) bond motifs is 5. The van der Waals surface area contributed by atoms with E-state index in [1.165, 1.54) is 10.9 Å². The summed E-state index contributed by atoms with van der Waals surface area (Å²) < 4.78 is 2.24. The molecule has 4 nitrogen and oxygen atoms in total. The van der Waals surface area contributed by atoms with E-state index in [0.29, 0.717) is 0 Å². The molecule has 4 heteroatoms. The molecule has 0 saturated heterocycles. The Morgan fingerprint density at radius 1 is 0.909 bits per heavy atom. The molecule has 0 bridgehead atoms. The van der Waals surface area contributed by atoms with Crippen LogP contribution in [-0.4, -0.2) is 19.5 Å². The van der Waals surface area contributed by atoms with Crippen LogP contribution in [0.1, 0.15) is 0 Å². The number of hydrogen-bond acceptors (Lipinski definition) is 2. The smallest absolute Gasteiger partial charge is 0.125 e. The van der Waals surface area contributed by atoms with Gasteiger partial charge >= 0.3 is 0 Å². The lowest BCUT2D eigenvalue weighted by atomic mass is 10.2. The standard InChI is InChI=1S/C18H12N4/c1-2-6-12(7-3-1)22-15-9-5-4-8-13(15)16-17-14(21-18(16)22)10-19-11-20-17/h1-11,21H. The van der Waals surface area contributed by atoms with Crippen molar-refractivity contribution < 1.29 is 0 Å². The van der Waals surface area contributed by atoms with Gasteiger partial charge in [-0.2, -0.15) is 0 Å². The van der Waals surface area contributed by atoms with E-state index in [2.05, 4.69) is 68.0 Å². The van der Waals surface area contributed by atoms with Gasteiger partial charge in [-0.15, -0.1) is 0 Å². The molecule has 22 heavy (non-hydrogen) atoms. The zero-order valence-corrected chi connectivity index (χ0v) is 11.7. The third kappa shape index (κ3) is 1.41. The summed E-state index contributed by atoms with van der Waals surface area (Å²) in [6.45, 7) is 0. The topological polar surface area (TPSA) is 46.5 Å². The Bertz CT molecular complexity index is 1120. The monoisotopic (exact) mass is 284 g/mol. The zero-order chi connectivity index (χ0) is 14.5. The summed E-state index contributed by atoms with van der Waals surface area (Å²) in [6, 6.07) is 18.8. The second-order valence-electron chi connectivity index (χ2n) is 5.32. The summed E-state index contributed by atoms with van der Waals surface area (Å²) in [6.07, 6.45) is 3.43. The number of H-pyrrole nitrogens is 1. The summed E-state index contributed by atoms with van der Waals surface area (Å²) >= 11 is 0. The summed E-state index contributed by atoms with van der Waals surface area (Å²) in [5, 5.41) is 2.35. The molecular weight excluding hydrogens is 272 g/mol. The van der Waals surface area contributed by atoms with E-state index in [0.717, 1.165) is 27.8 Å². The first-order valence-electron chi connectivity index (χ1n) is 7.20. The van der Waals surface area contributed by atoms with Gasteiger partial charge in [0.1, 0.15) is 17.5 Å². The number of benzene rings is 2. The lowest BCUT2D eigenvalue weighted by Crippen LogP contribution is -1.93. The van der Waals surface area contributed by atoms with Gasteiger partial charge in [0.25, 0.3) is 0 Å². The van der Waals surface area contributed by atoms with Crippen molar-refractivity contribution in [2.45, 2.75) is 0 Å². The van der Waals surface area contributed by atoms with Crippen LogP contribution in [0.25, 0.3) is 38.7 Å². The molecule has 5 rings (SSSR count). The van der Waals surface area contributed by atoms with E-state index in [4.69, 9.17) is 0 Å². The molecule has 0 aliphatic heterocycles. The molecule has 0 fully saturated rings. The van der Waals surface area contributed by atoms with Gasteiger partial charge in [0.2, 0.25) is 0 Å². The molecule has 0 saturated carbocycles. The minimum atomic E-state index is 0.961. The molecule has 0 spiro atoms. The van der Waals surface area contributed by atoms with Crippen LogP contribution in [-0.2, 0) is 0 Å². The van der Waals surface area contributed by atoms with Gasteiger partial charge in [0, 0.05) is 11.1 Å². The van der Waals surface area contributed by atoms with Crippen molar-refractivity contribution in [3.8, 4) is 5.69 Å². The number of nitrogens with one attached hydrogen (secondary N) is 1. The Morgan fingerprint density at radius 3 is 2.64 bits per heavy atom. The predicted octanol–water partition coefficient (Wildman–Crippen LogP) is 4.06. The fraction of sp³-hybridized carbons (Fsp3) is 0. The number of para-hydroxylation sites is 2. The predicted molar refractivity (Wildman–Crippen MR) is 88.2 cm³/mol. The lowest BCUT2D eigenvalue weighted by Gasteiger charge is -2.06. The van der Waals surface area contributed by atoms with Crippen LogP contribution >= 0.6 is 0 Å². The van der Waals surface area contributed by atoms with E-state index in [9.17, 15) is 0 Å². The number of aromatic amines is 1. The van der Waals surface area contributed by atoms with Gasteiger partial charge in [-0.25, -0.2) is 9.97 Å². The van der Waals surface area contributed by atoms with Crippen LogP contribution in [0.2, 0.25) is 0 Å². The van der Waals surface area contributed by atoms with E-state index in [-0.39, 0.29) is 0 Å². The highest BCUT2D eigenvalue weighted by Gasteiger charge is 2.17. The highest BCUT2D eigenvalue weighted by atomic mass is 15.1. The fourth-order valence-corrected chi connectivity index (χ4v) is 3.19. The van der Waals surface area contributed by atoms with Crippen LogP contribution in [0.5, 0.6) is 0 Å². The Balaban J connectivity index is 2.07. The third-order valence-electron chi connectivity index (χ3n) is 4.09. The second kappa shape index (κ2) is 4.18. The quantitative estimate of drug-likeness (QED) is 0.504. The van der Waals surface area contributed by atoms with Crippen molar-refractivity contribution in [3.63, 3.8) is 0 Å². The Labute approximate surface area is 126 Å². The maximum absolute atomic E-state index is 4.47. The number of nitrogens with zero attached hydrogens (tertiary/aromatic N) is 3. The first kappa shape index (κ1) is 11.5. The van der Waals surface area contributed by atoms with Gasteiger partial charge in [-0.05, 0) is 18.2 Å². The van der Waals surface area contributed by atoms with Crippen molar-refractivity contribution in [3.05, 3.63) is 67.1 Å². The van der Waals surface area contributed by atoms with Crippen molar-refractivity contribution >= 4 is 33.0 Å². The number of hydrogen-bond donors (Lipinski definition) is 1. The fourth-order valence-electron chi connectivity index (χ4n) is 3.19. The average molecular weight is 284 g/mol. The van der Waals surface area contributed by atoms with Gasteiger partial charge in [0.15, 0.2) is 0 Å². The lowest BCUT2D eigenvalue weighted by molar-refractivity contribution is 1.15. The molecule has 0 unspecified atom stereocenters. The normalized spacial score (nSPS) is 11.6. The molecule has 0 radical (unpaired) electrons. The third-order valence-corrected chi connectivity index (χ3v) is 4.09. The molecule has 0 aliphatic rings. The molecule has 0 atom stereocenters. The molecule has 3 aromatic heterocycles. The maximum Gasteiger partial charge on any atom is 0.125 e. The first-order chi connectivity index (χ1) is 10.9. The van der Waals surface area contributed by atoms with Crippen LogP contribution in [0.4, 0.5) is 0 Å². The van der Waals surface area contributed by atoms with E-state index in [1.807, 2.05) is 12.3 Å². The summed E-state index contributed by atoms with van der Waals surface area (Å²) in [5.74, 6) is 0. The number of rotatable bonds is 1. The summed E-state index contributed by atoms with van der Waals surface area (Å²) in [7, 11) is 0. The van der Waals surface area contributed by atoms with Gasteiger partial charge < -0.3 is 4.98 Å². The van der Waals surface area contributed by atoms with E-state index in [1.54, 1.807) is 6.33 Å². The van der Waals surface area contributed by atoms with Crippen molar-refractivity contribution in [2.24, 2.45) is 0 Å². The number of aromatic nitrogens is 4. The van der Waals surface area contributed by atoms with E-state index >= 15 is 0 Å². The zero-order valence-electron chi connectivity index (χ0n) is 11.7. The van der Waals surface area contributed by atoms with Crippen molar-refractivity contribution in [2.75, 3.05) is 0 Å². The molecule has 2 aromatic carbocycles. The van der Waals surface area contributed by atoms with Gasteiger partial charge in [-0.3, -0.25) is 4.57 Å². The molecule has 1 N–H and O–H groups in total. The van der Waals surface area contributed by atoms with Crippen LogP contribution < -0.4 is 0 Å². The Morgan fingerprint density at radius 2 is 1.73 bits per heavy atom. The molecule has 5 aromatic rings. The Kier molecular flexibility index (Phi) is 2.19. The molecule has 104 valence electrons. The second-order valence-corrected chi connectivity index (χ2v) is 5.32. The SMILES string of the molecule is c1ccc(-n2c3ccccc3c3c4ncncc4[nH]c32)cc1. The van der Waals surface area contributed by atoms with Gasteiger partial charge in [0.05, 0.1) is 22.6 Å². The molecule has 0 aliphatic carbocycles. The average Bonchev–Trinajstić information content (AvgIpc) is 3.10. The van der Waals surface area contributed by atoms with Gasteiger partial charge in [-0.1, -0.05) is 36.4 Å². The molecular formula is C18H12N4. The Hall–Kier alpha value is -3.14. The van der Waals surface area contributed by atoms with Crippen LogP contribution in [0.3, 0.4) is 0 Å². The highest BCUT2D eigenvalue weighted by molar-refractivity contribution is 6.19. The summed E-state index contributed by atoms with van der Waals surface area (Å²) in [4.78, 5) is 12.1. The minimum Gasteiger partial charge on any atom is -0.338 e. The van der Waals surface area contributed by atoms with Crippen molar-refractivity contribution in [1.82, 2.24) is 19.5 Å². The van der Waals surface area contributed by atoms with Crippen LogP contribution in [0, 0.1) is 0 Å². The minimum absolute atomic E-state index is 0.961. The van der Waals surface area contributed by atoms with Crippen LogP contribution in [0.15, 0.2) is 67.1 Å². The largest absolute Gasteiger partial charge is 0.338 e. The van der Waals surface area contributed by atoms with E-state index < -0.39 is 0 Å². The van der Waals surface area contributed by atoms with Crippen molar-refractivity contribution in [1.29, 1.82) is 0 Å². The maximum atomic E-state index is 4.47. The summed E-state index contributed by atoms with van der Waals surface area (Å²) in [5.41, 5.74) is 5.30. The first-order valence-corrected chi connectivity index (χ1v) is 7.20.